The van der Waals surface area contributed by atoms with Gasteiger partial charge in [0, 0.05) is 5.56 Å². The SMILES string of the molecule is O=C(NC1COC1)c1ccc2n[nH]nc2c1. The normalized spacial score (nSPS) is 16.0. The standard InChI is InChI=1S/C10H10N4O2/c15-10(11-7-4-16-5-7)6-1-2-8-9(3-6)13-14-12-8/h1-3,7H,4-5H2,(H,11,15)(H,12,13,14). The molecule has 0 atom stereocenters. The lowest BCUT2D eigenvalue weighted by Crippen LogP contribution is -2.48. The Hall–Kier alpha value is -1.95. The maximum absolute atomic E-state index is 11.8. The van der Waals surface area contributed by atoms with Gasteiger partial charge in [-0.3, -0.25) is 4.79 Å². The van der Waals surface area contributed by atoms with Crippen molar-refractivity contribution >= 4 is 16.9 Å². The smallest absolute Gasteiger partial charge is 0.251 e. The Morgan fingerprint density at radius 2 is 2.19 bits per heavy atom. The molecule has 6 nitrogen and oxygen atoms in total. The van der Waals surface area contributed by atoms with Gasteiger partial charge in [-0.2, -0.15) is 15.4 Å². The van der Waals surface area contributed by atoms with Crippen molar-refractivity contribution in [3.8, 4) is 0 Å². The van der Waals surface area contributed by atoms with Gasteiger partial charge < -0.3 is 10.1 Å². The van der Waals surface area contributed by atoms with E-state index in [0.29, 0.717) is 24.3 Å². The number of carbonyl (C=O) groups is 1. The number of fused-ring (bicyclic) bond motifs is 1. The highest BCUT2D eigenvalue weighted by atomic mass is 16.5. The minimum Gasteiger partial charge on any atom is -0.377 e. The molecule has 0 unspecified atom stereocenters. The van der Waals surface area contributed by atoms with E-state index in [9.17, 15) is 4.79 Å². The van der Waals surface area contributed by atoms with Gasteiger partial charge in [-0.25, -0.2) is 0 Å². The number of aromatic amines is 1. The zero-order valence-electron chi connectivity index (χ0n) is 8.43. The van der Waals surface area contributed by atoms with Gasteiger partial charge >= 0.3 is 0 Å². The van der Waals surface area contributed by atoms with Crippen LogP contribution in [0, 0.1) is 0 Å². The van der Waals surface area contributed by atoms with Crippen molar-refractivity contribution in [1.29, 1.82) is 0 Å². The number of nitrogens with one attached hydrogen (secondary N) is 2. The first-order valence-corrected chi connectivity index (χ1v) is 5.02. The second kappa shape index (κ2) is 3.57. The first-order valence-electron chi connectivity index (χ1n) is 5.02. The zero-order chi connectivity index (χ0) is 11.0. The monoisotopic (exact) mass is 218 g/mol. The average molecular weight is 218 g/mol. The van der Waals surface area contributed by atoms with Crippen LogP contribution in [0.25, 0.3) is 11.0 Å². The fourth-order valence-electron chi connectivity index (χ4n) is 1.57. The predicted octanol–water partition coefficient (Wildman–Crippen LogP) is 0.0865. The molecule has 0 saturated carbocycles. The van der Waals surface area contributed by atoms with Gasteiger partial charge in [-0.15, -0.1) is 0 Å². The van der Waals surface area contributed by atoms with E-state index in [1.807, 2.05) is 0 Å². The van der Waals surface area contributed by atoms with Crippen molar-refractivity contribution in [3.63, 3.8) is 0 Å². The van der Waals surface area contributed by atoms with Gasteiger partial charge in [0.15, 0.2) is 0 Å². The van der Waals surface area contributed by atoms with Gasteiger partial charge in [0.25, 0.3) is 5.91 Å². The summed E-state index contributed by atoms with van der Waals surface area (Å²) in [4.78, 5) is 11.8. The van der Waals surface area contributed by atoms with Crippen LogP contribution in [-0.2, 0) is 4.74 Å². The average Bonchev–Trinajstić information content (AvgIpc) is 2.69. The predicted molar refractivity (Wildman–Crippen MR) is 56.0 cm³/mol. The number of aromatic nitrogens is 3. The fraction of sp³-hybridized carbons (Fsp3) is 0.300. The highest BCUT2D eigenvalue weighted by molar-refractivity contribution is 5.97. The molecule has 0 aliphatic carbocycles. The molecule has 1 amide bonds. The lowest BCUT2D eigenvalue weighted by Gasteiger charge is -2.26. The minimum absolute atomic E-state index is 0.0989. The third-order valence-electron chi connectivity index (χ3n) is 2.55. The molecule has 1 fully saturated rings. The molecule has 16 heavy (non-hydrogen) atoms. The van der Waals surface area contributed by atoms with E-state index in [0.717, 1.165) is 5.52 Å². The lowest BCUT2D eigenvalue weighted by atomic mass is 10.1. The summed E-state index contributed by atoms with van der Waals surface area (Å²) < 4.78 is 4.99. The first-order chi connectivity index (χ1) is 7.83. The molecule has 0 spiro atoms. The Morgan fingerprint density at radius 3 is 2.94 bits per heavy atom. The van der Waals surface area contributed by atoms with Crippen LogP contribution in [0.1, 0.15) is 10.4 Å². The zero-order valence-corrected chi connectivity index (χ0v) is 8.43. The number of hydrogen-bond acceptors (Lipinski definition) is 4. The highest BCUT2D eigenvalue weighted by Crippen LogP contribution is 2.11. The molecule has 82 valence electrons. The molecule has 2 heterocycles. The van der Waals surface area contributed by atoms with Crippen molar-refractivity contribution in [2.45, 2.75) is 6.04 Å². The quantitative estimate of drug-likeness (QED) is 0.748. The molecule has 0 radical (unpaired) electrons. The van der Waals surface area contributed by atoms with Crippen molar-refractivity contribution in [1.82, 2.24) is 20.7 Å². The van der Waals surface area contributed by atoms with Crippen LogP contribution in [0.4, 0.5) is 0 Å². The molecule has 2 N–H and O–H groups in total. The third-order valence-corrected chi connectivity index (χ3v) is 2.55. The van der Waals surface area contributed by atoms with Crippen LogP contribution >= 0.6 is 0 Å². The fourth-order valence-corrected chi connectivity index (χ4v) is 1.57. The van der Waals surface area contributed by atoms with E-state index in [-0.39, 0.29) is 11.9 Å². The van der Waals surface area contributed by atoms with Crippen LogP contribution in [0.5, 0.6) is 0 Å². The largest absolute Gasteiger partial charge is 0.377 e. The molecule has 1 aromatic carbocycles. The molecule has 1 aromatic heterocycles. The Bertz CT molecular complexity index is 532. The summed E-state index contributed by atoms with van der Waals surface area (Å²) in [6.07, 6.45) is 0. The maximum atomic E-state index is 11.8. The Balaban J connectivity index is 1.83. The third kappa shape index (κ3) is 1.53. The number of H-pyrrole nitrogens is 1. The van der Waals surface area contributed by atoms with Crippen LogP contribution in [0.3, 0.4) is 0 Å². The number of nitrogens with zero attached hydrogens (tertiary/aromatic N) is 2. The van der Waals surface area contributed by atoms with Gasteiger partial charge in [0.2, 0.25) is 0 Å². The molecule has 2 aromatic rings. The Morgan fingerprint density at radius 1 is 1.38 bits per heavy atom. The summed E-state index contributed by atoms with van der Waals surface area (Å²) in [6, 6.07) is 5.36. The topological polar surface area (TPSA) is 79.9 Å². The molecule has 1 aliphatic heterocycles. The first kappa shape index (κ1) is 9.29. The molecule has 3 rings (SSSR count). The van der Waals surface area contributed by atoms with E-state index in [4.69, 9.17) is 4.74 Å². The van der Waals surface area contributed by atoms with E-state index in [1.165, 1.54) is 0 Å². The van der Waals surface area contributed by atoms with E-state index >= 15 is 0 Å². The lowest BCUT2D eigenvalue weighted by molar-refractivity contribution is -0.00346. The van der Waals surface area contributed by atoms with E-state index in [2.05, 4.69) is 20.7 Å². The van der Waals surface area contributed by atoms with Crippen LogP contribution in [-0.4, -0.2) is 40.6 Å². The van der Waals surface area contributed by atoms with Crippen molar-refractivity contribution < 1.29 is 9.53 Å². The number of rotatable bonds is 2. The molecule has 6 heteroatoms. The summed E-state index contributed by atoms with van der Waals surface area (Å²) >= 11 is 0. The number of benzene rings is 1. The summed E-state index contributed by atoms with van der Waals surface area (Å²) in [5.41, 5.74) is 2.04. The number of amides is 1. The molecular weight excluding hydrogens is 208 g/mol. The van der Waals surface area contributed by atoms with E-state index < -0.39 is 0 Å². The number of carbonyl (C=O) groups excluding carboxylic acids is 1. The summed E-state index contributed by atoms with van der Waals surface area (Å²) in [5.74, 6) is -0.0989. The van der Waals surface area contributed by atoms with Gasteiger partial charge in [-0.05, 0) is 18.2 Å². The van der Waals surface area contributed by atoms with Crippen molar-refractivity contribution in [2.75, 3.05) is 13.2 Å². The Labute approximate surface area is 91.0 Å². The molecule has 0 bridgehead atoms. The molecule has 1 aliphatic rings. The van der Waals surface area contributed by atoms with Gasteiger partial charge in [0.1, 0.15) is 11.0 Å². The Kier molecular flexibility index (Phi) is 2.07. The highest BCUT2D eigenvalue weighted by Gasteiger charge is 2.21. The number of ether oxygens (including phenoxy) is 1. The van der Waals surface area contributed by atoms with Gasteiger partial charge in [0.05, 0.1) is 19.3 Å². The van der Waals surface area contributed by atoms with Crippen LogP contribution < -0.4 is 5.32 Å². The summed E-state index contributed by atoms with van der Waals surface area (Å²) in [5, 5.41) is 13.2. The van der Waals surface area contributed by atoms with Crippen molar-refractivity contribution in [2.24, 2.45) is 0 Å². The van der Waals surface area contributed by atoms with Crippen LogP contribution in [0.2, 0.25) is 0 Å². The van der Waals surface area contributed by atoms with Crippen LogP contribution in [0.15, 0.2) is 18.2 Å². The second-order valence-corrected chi connectivity index (χ2v) is 3.73. The number of hydrogen-bond donors (Lipinski definition) is 2. The maximum Gasteiger partial charge on any atom is 0.251 e. The molecule has 1 saturated heterocycles. The van der Waals surface area contributed by atoms with Gasteiger partial charge in [-0.1, -0.05) is 0 Å². The second-order valence-electron chi connectivity index (χ2n) is 3.73. The minimum atomic E-state index is -0.0989. The summed E-state index contributed by atoms with van der Waals surface area (Å²) in [7, 11) is 0. The van der Waals surface area contributed by atoms with E-state index in [1.54, 1.807) is 18.2 Å². The summed E-state index contributed by atoms with van der Waals surface area (Å²) in [6.45, 7) is 1.19. The molecular formula is C10H10N4O2. The van der Waals surface area contributed by atoms with Crippen molar-refractivity contribution in [3.05, 3.63) is 23.8 Å².